The summed E-state index contributed by atoms with van der Waals surface area (Å²) in [5, 5.41) is 0. The maximum absolute atomic E-state index is 13.0. The summed E-state index contributed by atoms with van der Waals surface area (Å²) in [5.41, 5.74) is 8.03. The molecule has 1 aliphatic heterocycles. The van der Waals surface area contributed by atoms with Crippen molar-refractivity contribution in [3.8, 4) is 0 Å². The van der Waals surface area contributed by atoms with E-state index in [1.807, 2.05) is 13.8 Å². The largest absolute Gasteiger partial charge is 0.399 e. The Kier molecular flexibility index (Phi) is 4.36. The zero-order valence-electron chi connectivity index (χ0n) is 13.4. The third-order valence-electron chi connectivity index (χ3n) is 4.98. The molecular formula is C16H26N2O2S. The molecule has 0 aromatic heterocycles. The molecule has 1 aromatic carbocycles. The molecule has 0 saturated carbocycles. The van der Waals surface area contributed by atoms with Gasteiger partial charge in [-0.2, -0.15) is 4.31 Å². The van der Waals surface area contributed by atoms with Crippen LogP contribution in [0.5, 0.6) is 0 Å². The van der Waals surface area contributed by atoms with Crippen LogP contribution in [0.3, 0.4) is 0 Å². The van der Waals surface area contributed by atoms with Crippen LogP contribution in [-0.4, -0.2) is 25.8 Å². The van der Waals surface area contributed by atoms with E-state index in [0.717, 1.165) is 30.4 Å². The Hall–Kier alpha value is -1.07. The minimum atomic E-state index is -3.43. The Balaban J connectivity index is 2.41. The van der Waals surface area contributed by atoms with Gasteiger partial charge in [0.05, 0.1) is 4.90 Å². The first-order chi connectivity index (χ1) is 9.75. The SMILES string of the molecule is CCC1(CC)CCN(S(=O)(=O)c2c(C)cc(N)cc2C)C1. The lowest BCUT2D eigenvalue weighted by Crippen LogP contribution is -2.32. The fourth-order valence-electron chi connectivity index (χ4n) is 3.45. The third kappa shape index (κ3) is 2.81. The second kappa shape index (κ2) is 5.61. The molecule has 1 heterocycles. The van der Waals surface area contributed by atoms with Gasteiger partial charge in [0.1, 0.15) is 0 Å². The van der Waals surface area contributed by atoms with Gasteiger partial charge in [0.2, 0.25) is 10.0 Å². The number of nitrogen functional groups attached to an aromatic ring is 1. The first-order valence-electron chi connectivity index (χ1n) is 7.62. The van der Waals surface area contributed by atoms with Crippen LogP contribution in [0.15, 0.2) is 17.0 Å². The van der Waals surface area contributed by atoms with Gasteiger partial charge in [-0.05, 0) is 61.8 Å². The van der Waals surface area contributed by atoms with Crippen LogP contribution < -0.4 is 5.73 Å². The first-order valence-corrected chi connectivity index (χ1v) is 9.06. The average molecular weight is 310 g/mol. The molecule has 0 atom stereocenters. The van der Waals surface area contributed by atoms with E-state index < -0.39 is 10.0 Å². The van der Waals surface area contributed by atoms with E-state index in [9.17, 15) is 8.42 Å². The quantitative estimate of drug-likeness (QED) is 0.869. The van der Waals surface area contributed by atoms with E-state index in [2.05, 4.69) is 13.8 Å². The maximum atomic E-state index is 13.0. The summed E-state index contributed by atoms with van der Waals surface area (Å²) < 4.78 is 27.6. The number of nitrogens with two attached hydrogens (primary N) is 1. The molecule has 1 fully saturated rings. The Morgan fingerprint density at radius 1 is 1.19 bits per heavy atom. The highest BCUT2D eigenvalue weighted by atomic mass is 32.2. The summed E-state index contributed by atoms with van der Waals surface area (Å²) in [5.74, 6) is 0. The summed E-state index contributed by atoms with van der Waals surface area (Å²) in [4.78, 5) is 0.430. The normalized spacial score (nSPS) is 19.0. The van der Waals surface area contributed by atoms with Gasteiger partial charge in [0.25, 0.3) is 0 Å². The van der Waals surface area contributed by atoms with Gasteiger partial charge in [-0.25, -0.2) is 8.42 Å². The zero-order chi connectivity index (χ0) is 15.8. The van der Waals surface area contributed by atoms with Crippen molar-refractivity contribution in [3.63, 3.8) is 0 Å². The van der Waals surface area contributed by atoms with Crippen LogP contribution in [-0.2, 0) is 10.0 Å². The van der Waals surface area contributed by atoms with E-state index in [0.29, 0.717) is 23.7 Å². The van der Waals surface area contributed by atoms with Crippen molar-refractivity contribution in [2.24, 2.45) is 5.41 Å². The lowest BCUT2D eigenvalue weighted by Gasteiger charge is -2.26. The van der Waals surface area contributed by atoms with Crippen LogP contribution in [0, 0.1) is 19.3 Å². The Morgan fingerprint density at radius 3 is 2.14 bits per heavy atom. The number of aryl methyl sites for hydroxylation is 2. The fourth-order valence-corrected chi connectivity index (χ4v) is 5.41. The monoisotopic (exact) mass is 310 g/mol. The highest BCUT2D eigenvalue weighted by molar-refractivity contribution is 7.89. The molecule has 1 aliphatic rings. The van der Waals surface area contributed by atoms with E-state index in [-0.39, 0.29) is 5.41 Å². The molecule has 21 heavy (non-hydrogen) atoms. The molecular weight excluding hydrogens is 284 g/mol. The number of hydrogen-bond acceptors (Lipinski definition) is 3. The maximum Gasteiger partial charge on any atom is 0.243 e. The van der Waals surface area contributed by atoms with Crippen molar-refractivity contribution in [2.75, 3.05) is 18.8 Å². The first kappa shape index (κ1) is 16.3. The second-order valence-corrected chi connectivity index (χ2v) is 8.15. The summed E-state index contributed by atoms with van der Waals surface area (Å²) >= 11 is 0. The number of anilines is 1. The highest BCUT2D eigenvalue weighted by Crippen LogP contribution is 2.40. The number of rotatable bonds is 4. The smallest absolute Gasteiger partial charge is 0.243 e. The summed E-state index contributed by atoms with van der Waals surface area (Å²) in [7, 11) is -3.43. The Labute approximate surface area is 128 Å². The van der Waals surface area contributed by atoms with Gasteiger partial charge in [0.15, 0.2) is 0 Å². The predicted molar refractivity (Wildman–Crippen MR) is 86.7 cm³/mol. The van der Waals surface area contributed by atoms with E-state index >= 15 is 0 Å². The van der Waals surface area contributed by atoms with Gasteiger partial charge >= 0.3 is 0 Å². The molecule has 0 bridgehead atoms. The third-order valence-corrected chi connectivity index (χ3v) is 7.14. The van der Waals surface area contributed by atoms with Crippen LogP contribution in [0.4, 0.5) is 5.69 Å². The van der Waals surface area contributed by atoms with E-state index in [1.54, 1.807) is 16.4 Å². The van der Waals surface area contributed by atoms with Gasteiger partial charge in [0, 0.05) is 18.8 Å². The van der Waals surface area contributed by atoms with Crippen LogP contribution in [0.2, 0.25) is 0 Å². The van der Waals surface area contributed by atoms with E-state index in [1.165, 1.54) is 0 Å². The number of hydrogen-bond donors (Lipinski definition) is 1. The average Bonchev–Trinajstić information content (AvgIpc) is 2.83. The molecule has 2 rings (SSSR count). The fraction of sp³-hybridized carbons (Fsp3) is 0.625. The summed E-state index contributed by atoms with van der Waals surface area (Å²) in [6, 6.07) is 3.48. The van der Waals surface area contributed by atoms with Crippen LogP contribution in [0.25, 0.3) is 0 Å². The zero-order valence-corrected chi connectivity index (χ0v) is 14.3. The molecule has 2 N–H and O–H groups in total. The second-order valence-electron chi connectivity index (χ2n) is 6.28. The summed E-state index contributed by atoms with van der Waals surface area (Å²) in [6.45, 7) is 9.19. The van der Waals surface area contributed by atoms with Crippen molar-refractivity contribution < 1.29 is 8.42 Å². The molecule has 1 saturated heterocycles. The van der Waals surface area contributed by atoms with E-state index in [4.69, 9.17) is 5.73 Å². The molecule has 5 heteroatoms. The standard InChI is InChI=1S/C16H26N2O2S/c1-5-16(6-2)7-8-18(11-16)21(19,20)15-12(3)9-14(17)10-13(15)4/h9-10H,5-8,11,17H2,1-4H3. The van der Waals surface area contributed by atoms with Crippen molar-refractivity contribution in [3.05, 3.63) is 23.3 Å². The molecule has 118 valence electrons. The summed E-state index contributed by atoms with van der Waals surface area (Å²) in [6.07, 6.45) is 3.00. The number of sulfonamides is 1. The molecule has 0 amide bonds. The lowest BCUT2D eigenvalue weighted by atomic mass is 9.82. The van der Waals surface area contributed by atoms with Gasteiger partial charge in [-0.15, -0.1) is 0 Å². The number of nitrogens with zero attached hydrogens (tertiary/aromatic N) is 1. The molecule has 1 aromatic rings. The topological polar surface area (TPSA) is 63.4 Å². The van der Waals surface area contributed by atoms with Gasteiger partial charge < -0.3 is 5.73 Å². The van der Waals surface area contributed by atoms with Gasteiger partial charge in [-0.1, -0.05) is 13.8 Å². The Morgan fingerprint density at radius 2 is 1.71 bits per heavy atom. The molecule has 0 aliphatic carbocycles. The molecule has 0 radical (unpaired) electrons. The molecule has 0 spiro atoms. The molecule has 0 unspecified atom stereocenters. The molecule has 4 nitrogen and oxygen atoms in total. The van der Waals surface area contributed by atoms with Crippen LogP contribution >= 0.6 is 0 Å². The minimum Gasteiger partial charge on any atom is -0.399 e. The predicted octanol–water partition coefficient (Wildman–Crippen LogP) is 3.09. The van der Waals surface area contributed by atoms with Gasteiger partial charge in [-0.3, -0.25) is 0 Å². The number of benzene rings is 1. The van der Waals surface area contributed by atoms with Crippen molar-refractivity contribution in [1.29, 1.82) is 0 Å². The minimum absolute atomic E-state index is 0.142. The Bertz CT molecular complexity index is 611. The van der Waals surface area contributed by atoms with Crippen molar-refractivity contribution in [2.45, 2.75) is 51.9 Å². The lowest BCUT2D eigenvalue weighted by molar-refractivity contribution is 0.279. The van der Waals surface area contributed by atoms with Crippen molar-refractivity contribution in [1.82, 2.24) is 4.31 Å². The highest BCUT2D eigenvalue weighted by Gasteiger charge is 2.41. The van der Waals surface area contributed by atoms with Crippen molar-refractivity contribution >= 4 is 15.7 Å². The van der Waals surface area contributed by atoms with Crippen LogP contribution in [0.1, 0.15) is 44.2 Å².